The average Bonchev–Trinajstić information content (AvgIpc) is 2.84. The van der Waals surface area contributed by atoms with E-state index in [1.54, 1.807) is 18.3 Å². The molecule has 2 aromatic heterocycles. The first-order chi connectivity index (χ1) is 16.0. The van der Waals surface area contributed by atoms with Gasteiger partial charge in [0.25, 0.3) is 0 Å². The molecule has 0 N–H and O–H groups in total. The summed E-state index contributed by atoms with van der Waals surface area (Å²) >= 11 is 0. The minimum absolute atomic E-state index is 0.389. The number of nitro groups is 1. The third kappa shape index (κ3) is 3.69. The van der Waals surface area contributed by atoms with Gasteiger partial charge in [0.15, 0.2) is 0 Å². The highest BCUT2D eigenvalue weighted by Gasteiger charge is 2.31. The number of pyridine rings is 2. The molecule has 0 aliphatic carbocycles. The van der Waals surface area contributed by atoms with Crippen LogP contribution in [0.15, 0.2) is 77.7 Å². The minimum Gasteiger partial charge on any atom is -0.362 e. The third-order valence-electron chi connectivity index (χ3n) is 6.05. The van der Waals surface area contributed by atoms with Crippen molar-refractivity contribution in [3.8, 4) is 5.69 Å². The van der Waals surface area contributed by atoms with Gasteiger partial charge in [0.1, 0.15) is 11.5 Å². The Morgan fingerprint density at radius 2 is 1.58 bits per heavy atom. The maximum Gasteiger partial charge on any atom is 0.358 e. The summed E-state index contributed by atoms with van der Waals surface area (Å²) in [5.41, 5.74) is 1.77. The van der Waals surface area contributed by atoms with Gasteiger partial charge in [-0.15, -0.1) is 0 Å². The lowest BCUT2D eigenvalue weighted by Gasteiger charge is -2.37. The van der Waals surface area contributed by atoms with Crippen molar-refractivity contribution in [3.63, 3.8) is 0 Å². The molecule has 0 atom stereocenters. The van der Waals surface area contributed by atoms with Gasteiger partial charge in [-0.2, -0.15) is 0 Å². The van der Waals surface area contributed by atoms with Crippen molar-refractivity contribution >= 4 is 28.1 Å². The molecule has 0 unspecified atom stereocenters. The molecular formula is C25H23N5O3. The zero-order valence-electron chi connectivity index (χ0n) is 18.2. The maximum absolute atomic E-state index is 13.5. The van der Waals surface area contributed by atoms with E-state index in [0.717, 1.165) is 11.4 Å². The second-order valence-corrected chi connectivity index (χ2v) is 8.11. The minimum atomic E-state index is -0.623. The van der Waals surface area contributed by atoms with Crippen LogP contribution in [-0.4, -0.2) is 40.7 Å². The Morgan fingerprint density at radius 3 is 2.27 bits per heavy atom. The van der Waals surface area contributed by atoms with Crippen LogP contribution in [0, 0.1) is 17.0 Å². The predicted molar refractivity (Wildman–Crippen MR) is 130 cm³/mol. The van der Waals surface area contributed by atoms with Crippen molar-refractivity contribution in [3.05, 3.63) is 99.0 Å². The van der Waals surface area contributed by atoms with Crippen LogP contribution in [0.25, 0.3) is 16.6 Å². The lowest BCUT2D eigenvalue weighted by atomic mass is 10.1. The summed E-state index contributed by atoms with van der Waals surface area (Å²) in [5.74, 6) is 0.897. The second-order valence-electron chi connectivity index (χ2n) is 8.11. The summed E-state index contributed by atoms with van der Waals surface area (Å²) < 4.78 is 1.43. The van der Waals surface area contributed by atoms with Gasteiger partial charge in [0, 0.05) is 43.4 Å². The van der Waals surface area contributed by atoms with E-state index < -0.39 is 10.5 Å². The predicted octanol–water partition coefficient (Wildman–Crippen LogP) is 3.93. The van der Waals surface area contributed by atoms with Gasteiger partial charge in [-0.1, -0.05) is 36.4 Å². The molecule has 8 heteroatoms. The van der Waals surface area contributed by atoms with E-state index in [2.05, 4.69) is 9.88 Å². The Hall–Kier alpha value is -4.20. The first-order valence-corrected chi connectivity index (χ1v) is 10.8. The molecule has 166 valence electrons. The summed E-state index contributed by atoms with van der Waals surface area (Å²) in [7, 11) is 0. The maximum atomic E-state index is 13.5. The van der Waals surface area contributed by atoms with Crippen LogP contribution >= 0.6 is 0 Å². The number of rotatable bonds is 4. The zero-order valence-corrected chi connectivity index (χ0v) is 18.2. The van der Waals surface area contributed by atoms with Crippen LogP contribution in [0.3, 0.4) is 0 Å². The molecule has 0 amide bonds. The number of aryl methyl sites for hydroxylation is 1. The average molecular weight is 441 g/mol. The van der Waals surface area contributed by atoms with Gasteiger partial charge < -0.3 is 9.80 Å². The quantitative estimate of drug-likeness (QED) is 0.352. The van der Waals surface area contributed by atoms with Gasteiger partial charge in [-0.05, 0) is 42.8 Å². The number of benzene rings is 2. The molecule has 1 fully saturated rings. The lowest BCUT2D eigenvalue weighted by Crippen LogP contribution is -2.47. The molecule has 33 heavy (non-hydrogen) atoms. The van der Waals surface area contributed by atoms with E-state index in [1.807, 2.05) is 66.4 Å². The number of hydrogen-bond acceptors (Lipinski definition) is 6. The lowest BCUT2D eigenvalue weighted by molar-refractivity contribution is -0.385. The zero-order chi connectivity index (χ0) is 22.9. The summed E-state index contributed by atoms with van der Waals surface area (Å²) in [6, 6.07) is 20.4. The van der Waals surface area contributed by atoms with Crippen LogP contribution in [0.2, 0.25) is 0 Å². The normalized spacial score (nSPS) is 14.0. The SMILES string of the molecule is Cc1ccnc(N2CCN(c3c([N+](=O)[O-])c(=O)n(-c4ccccc4)c4ccccc34)CC2)c1. The van der Waals surface area contributed by atoms with Crippen molar-refractivity contribution in [1.82, 2.24) is 9.55 Å². The van der Waals surface area contributed by atoms with Crippen molar-refractivity contribution in [2.45, 2.75) is 6.92 Å². The van der Waals surface area contributed by atoms with E-state index >= 15 is 0 Å². The molecule has 8 nitrogen and oxygen atoms in total. The number of nitrogens with zero attached hydrogens (tertiary/aromatic N) is 5. The summed E-state index contributed by atoms with van der Waals surface area (Å²) in [4.78, 5) is 33.7. The first kappa shape index (κ1) is 20.7. The highest BCUT2D eigenvalue weighted by molar-refractivity contribution is 5.97. The van der Waals surface area contributed by atoms with Crippen LogP contribution in [-0.2, 0) is 0 Å². The van der Waals surface area contributed by atoms with Gasteiger partial charge in [-0.3, -0.25) is 19.5 Å². The highest BCUT2D eigenvalue weighted by atomic mass is 16.6. The number of hydrogen-bond donors (Lipinski definition) is 0. The highest BCUT2D eigenvalue weighted by Crippen LogP contribution is 2.35. The fourth-order valence-corrected chi connectivity index (χ4v) is 4.48. The summed E-state index contributed by atoms with van der Waals surface area (Å²) in [6.45, 7) is 4.44. The van der Waals surface area contributed by atoms with Crippen LogP contribution in [0.4, 0.5) is 17.2 Å². The Bertz CT molecular complexity index is 1390. The fourth-order valence-electron chi connectivity index (χ4n) is 4.48. The molecule has 2 aromatic carbocycles. The number of fused-ring (bicyclic) bond motifs is 1. The Labute approximate surface area is 190 Å². The van der Waals surface area contributed by atoms with Gasteiger partial charge in [-0.25, -0.2) is 4.98 Å². The standard InChI is InChI=1S/C25H23N5O3/c1-18-11-12-26-22(17-18)27-13-15-28(16-14-27)23-20-9-5-6-10-21(20)29(19-7-3-2-4-8-19)25(31)24(23)30(32)33/h2-12,17H,13-16H2,1H3. The van der Waals surface area contributed by atoms with Gasteiger partial charge >= 0.3 is 11.2 Å². The van der Waals surface area contributed by atoms with Crippen LogP contribution in [0.5, 0.6) is 0 Å². The molecule has 1 aliphatic heterocycles. The molecular weight excluding hydrogens is 418 g/mol. The monoisotopic (exact) mass is 441 g/mol. The van der Waals surface area contributed by atoms with Gasteiger partial charge in [0.05, 0.1) is 10.4 Å². The Morgan fingerprint density at radius 1 is 0.909 bits per heavy atom. The van der Waals surface area contributed by atoms with Crippen molar-refractivity contribution < 1.29 is 4.92 Å². The molecule has 0 bridgehead atoms. The second kappa shape index (κ2) is 8.38. The number of para-hydroxylation sites is 2. The van der Waals surface area contributed by atoms with E-state index in [1.165, 1.54) is 4.57 Å². The summed E-state index contributed by atoms with van der Waals surface area (Å²) in [5, 5.41) is 12.9. The molecule has 1 aliphatic rings. The molecule has 0 radical (unpaired) electrons. The van der Waals surface area contributed by atoms with Crippen LogP contribution < -0.4 is 15.4 Å². The van der Waals surface area contributed by atoms with Crippen LogP contribution in [0.1, 0.15) is 5.56 Å². The molecule has 5 rings (SSSR count). The number of aromatic nitrogens is 2. The fraction of sp³-hybridized carbons (Fsp3) is 0.200. The largest absolute Gasteiger partial charge is 0.362 e. The topological polar surface area (TPSA) is 84.5 Å². The smallest absolute Gasteiger partial charge is 0.358 e. The molecule has 4 aromatic rings. The van der Waals surface area contributed by atoms with E-state index in [9.17, 15) is 14.9 Å². The van der Waals surface area contributed by atoms with E-state index in [4.69, 9.17) is 0 Å². The van der Waals surface area contributed by atoms with Crippen molar-refractivity contribution in [2.24, 2.45) is 0 Å². The Kier molecular flexibility index (Phi) is 5.26. The van der Waals surface area contributed by atoms with Crippen molar-refractivity contribution in [2.75, 3.05) is 36.0 Å². The van der Waals surface area contributed by atoms with E-state index in [-0.39, 0.29) is 5.69 Å². The first-order valence-electron chi connectivity index (χ1n) is 10.8. The van der Waals surface area contributed by atoms with E-state index in [0.29, 0.717) is 48.5 Å². The number of piperazine rings is 1. The molecule has 3 heterocycles. The molecule has 1 saturated heterocycles. The molecule has 0 spiro atoms. The van der Waals surface area contributed by atoms with Crippen molar-refractivity contribution in [1.29, 1.82) is 0 Å². The summed E-state index contributed by atoms with van der Waals surface area (Å²) in [6.07, 6.45) is 1.79. The molecule has 0 saturated carbocycles. The number of anilines is 2. The third-order valence-corrected chi connectivity index (χ3v) is 6.05. The van der Waals surface area contributed by atoms with Gasteiger partial charge in [0.2, 0.25) is 0 Å². The Balaban J connectivity index is 1.62.